The molecule has 0 aliphatic rings. The molecule has 0 radical (unpaired) electrons. The Kier molecular flexibility index (Phi) is 2.76. The Morgan fingerprint density at radius 3 is 2.74 bits per heavy atom. The lowest BCUT2D eigenvalue weighted by molar-refractivity contribution is 0.101. The molecule has 0 aliphatic heterocycles. The minimum Gasteiger partial charge on any atom is -0.493 e. The van der Waals surface area contributed by atoms with Gasteiger partial charge in [0.15, 0.2) is 17.1 Å². The zero-order valence-corrected chi connectivity index (χ0v) is 10.3. The highest BCUT2D eigenvalue weighted by Gasteiger charge is 2.16. The SMILES string of the molecule is COc1cccc2cc(C(=O)c3ccncc3)oc12. The van der Waals surface area contributed by atoms with Crippen LogP contribution in [-0.2, 0) is 0 Å². The molecule has 0 N–H and O–H groups in total. The summed E-state index contributed by atoms with van der Waals surface area (Å²) in [5.74, 6) is 0.748. The van der Waals surface area contributed by atoms with Gasteiger partial charge in [-0.2, -0.15) is 0 Å². The average Bonchev–Trinajstić information content (AvgIpc) is 2.91. The molecule has 2 aromatic heterocycles. The predicted molar refractivity (Wildman–Crippen MR) is 70.4 cm³/mol. The number of carbonyl (C=O) groups is 1. The summed E-state index contributed by atoms with van der Waals surface area (Å²) in [5.41, 5.74) is 1.13. The molecule has 0 aliphatic carbocycles. The molecule has 0 saturated heterocycles. The molecule has 0 fully saturated rings. The van der Waals surface area contributed by atoms with E-state index in [9.17, 15) is 4.79 Å². The van der Waals surface area contributed by atoms with E-state index >= 15 is 0 Å². The van der Waals surface area contributed by atoms with Crippen molar-refractivity contribution >= 4 is 16.8 Å². The number of benzene rings is 1. The van der Waals surface area contributed by atoms with Gasteiger partial charge in [0.1, 0.15) is 0 Å². The second-order valence-electron chi connectivity index (χ2n) is 4.05. The molecular formula is C15H11NO3. The summed E-state index contributed by atoms with van der Waals surface area (Å²) in [7, 11) is 1.57. The van der Waals surface area contributed by atoms with E-state index in [1.807, 2.05) is 12.1 Å². The number of methoxy groups -OCH3 is 1. The molecule has 0 bridgehead atoms. The van der Waals surface area contributed by atoms with Crippen LogP contribution >= 0.6 is 0 Å². The summed E-state index contributed by atoms with van der Waals surface area (Å²) in [6, 6.07) is 10.6. The number of nitrogens with zero attached hydrogens (tertiary/aromatic N) is 1. The first kappa shape index (κ1) is 11.5. The molecule has 94 valence electrons. The average molecular weight is 253 g/mol. The van der Waals surface area contributed by atoms with Crippen LogP contribution in [0.2, 0.25) is 0 Å². The van der Waals surface area contributed by atoms with E-state index in [0.29, 0.717) is 22.7 Å². The van der Waals surface area contributed by atoms with Gasteiger partial charge in [-0.25, -0.2) is 0 Å². The number of hydrogen-bond acceptors (Lipinski definition) is 4. The van der Waals surface area contributed by atoms with Crippen LogP contribution in [-0.4, -0.2) is 17.9 Å². The van der Waals surface area contributed by atoms with Crippen molar-refractivity contribution in [2.24, 2.45) is 0 Å². The monoisotopic (exact) mass is 253 g/mol. The van der Waals surface area contributed by atoms with E-state index < -0.39 is 0 Å². The summed E-state index contributed by atoms with van der Waals surface area (Å²) in [5, 5.41) is 0.844. The van der Waals surface area contributed by atoms with Gasteiger partial charge in [0.25, 0.3) is 0 Å². The van der Waals surface area contributed by atoms with Crippen molar-refractivity contribution < 1.29 is 13.9 Å². The van der Waals surface area contributed by atoms with Crippen molar-refractivity contribution in [1.82, 2.24) is 4.98 Å². The van der Waals surface area contributed by atoms with Gasteiger partial charge >= 0.3 is 0 Å². The quantitative estimate of drug-likeness (QED) is 0.673. The maximum atomic E-state index is 12.3. The van der Waals surface area contributed by atoms with Crippen LogP contribution < -0.4 is 4.74 Å². The predicted octanol–water partition coefficient (Wildman–Crippen LogP) is 3.07. The van der Waals surface area contributed by atoms with Crippen LogP contribution in [0.5, 0.6) is 5.75 Å². The molecule has 4 heteroatoms. The third-order valence-electron chi connectivity index (χ3n) is 2.89. The van der Waals surface area contributed by atoms with Gasteiger partial charge in [-0.3, -0.25) is 9.78 Å². The van der Waals surface area contributed by atoms with Crippen molar-refractivity contribution in [3.05, 3.63) is 60.1 Å². The van der Waals surface area contributed by atoms with Crippen LogP contribution in [0.25, 0.3) is 11.0 Å². The lowest BCUT2D eigenvalue weighted by Crippen LogP contribution is -1.98. The maximum Gasteiger partial charge on any atom is 0.228 e. The topological polar surface area (TPSA) is 52.3 Å². The summed E-state index contributed by atoms with van der Waals surface area (Å²) < 4.78 is 10.8. The molecule has 0 spiro atoms. The van der Waals surface area contributed by atoms with Gasteiger partial charge in [0.2, 0.25) is 5.78 Å². The minimum absolute atomic E-state index is 0.166. The van der Waals surface area contributed by atoms with Gasteiger partial charge in [-0.05, 0) is 24.3 Å². The highest BCUT2D eigenvalue weighted by Crippen LogP contribution is 2.29. The van der Waals surface area contributed by atoms with Crippen molar-refractivity contribution in [2.45, 2.75) is 0 Å². The molecule has 4 nitrogen and oxygen atoms in total. The molecule has 1 aromatic carbocycles. The normalized spacial score (nSPS) is 10.6. The summed E-state index contributed by atoms with van der Waals surface area (Å²) in [6.07, 6.45) is 3.16. The number of para-hydroxylation sites is 1. The Bertz CT molecular complexity index is 731. The third kappa shape index (κ3) is 1.97. The molecule has 19 heavy (non-hydrogen) atoms. The van der Waals surface area contributed by atoms with E-state index in [2.05, 4.69) is 4.98 Å². The number of ketones is 1. The van der Waals surface area contributed by atoms with Crippen molar-refractivity contribution in [1.29, 1.82) is 0 Å². The second kappa shape index (κ2) is 4.57. The molecule has 2 heterocycles. The highest BCUT2D eigenvalue weighted by molar-refractivity contribution is 6.09. The molecular weight excluding hydrogens is 242 g/mol. The van der Waals surface area contributed by atoms with E-state index in [0.717, 1.165) is 5.39 Å². The van der Waals surface area contributed by atoms with Gasteiger partial charge in [0, 0.05) is 23.3 Å². The fourth-order valence-electron chi connectivity index (χ4n) is 1.95. The third-order valence-corrected chi connectivity index (χ3v) is 2.89. The van der Waals surface area contributed by atoms with Crippen molar-refractivity contribution in [3.63, 3.8) is 0 Å². The van der Waals surface area contributed by atoms with E-state index in [4.69, 9.17) is 9.15 Å². The summed E-state index contributed by atoms with van der Waals surface area (Å²) in [4.78, 5) is 16.1. The van der Waals surface area contributed by atoms with Crippen LogP contribution in [0.1, 0.15) is 16.1 Å². The lowest BCUT2D eigenvalue weighted by atomic mass is 10.1. The molecule has 0 unspecified atom stereocenters. The van der Waals surface area contributed by atoms with Gasteiger partial charge in [-0.15, -0.1) is 0 Å². The number of pyridine rings is 1. The Hall–Kier alpha value is -2.62. The number of fused-ring (bicyclic) bond motifs is 1. The Morgan fingerprint density at radius 2 is 2.00 bits per heavy atom. The number of hydrogen-bond donors (Lipinski definition) is 0. The van der Waals surface area contributed by atoms with Crippen LogP contribution in [0.15, 0.2) is 53.2 Å². The van der Waals surface area contributed by atoms with Crippen LogP contribution in [0, 0.1) is 0 Å². The first-order valence-corrected chi connectivity index (χ1v) is 5.81. The summed E-state index contributed by atoms with van der Waals surface area (Å²) >= 11 is 0. The molecule has 0 saturated carbocycles. The van der Waals surface area contributed by atoms with Crippen molar-refractivity contribution in [2.75, 3.05) is 7.11 Å². The fourth-order valence-corrected chi connectivity index (χ4v) is 1.95. The first-order valence-electron chi connectivity index (χ1n) is 5.81. The zero-order valence-electron chi connectivity index (χ0n) is 10.3. The second-order valence-corrected chi connectivity index (χ2v) is 4.05. The number of carbonyl (C=O) groups excluding carboxylic acids is 1. The first-order chi connectivity index (χ1) is 9.29. The largest absolute Gasteiger partial charge is 0.493 e. The zero-order chi connectivity index (χ0) is 13.2. The molecule has 3 aromatic rings. The number of ether oxygens (including phenoxy) is 1. The Labute approximate surface area is 109 Å². The lowest BCUT2D eigenvalue weighted by Gasteiger charge is -1.98. The number of rotatable bonds is 3. The van der Waals surface area contributed by atoms with E-state index in [1.165, 1.54) is 0 Å². The Morgan fingerprint density at radius 1 is 1.21 bits per heavy atom. The van der Waals surface area contributed by atoms with Gasteiger partial charge in [-0.1, -0.05) is 12.1 Å². The highest BCUT2D eigenvalue weighted by atomic mass is 16.5. The van der Waals surface area contributed by atoms with E-state index in [1.54, 1.807) is 43.8 Å². The van der Waals surface area contributed by atoms with Crippen LogP contribution in [0.4, 0.5) is 0 Å². The van der Waals surface area contributed by atoms with Crippen LogP contribution in [0.3, 0.4) is 0 Å². The Balaban J connectivity index is 2.09. The molecule has 0 atom stereocenters. The smallest absolute Gasteiger partial charge is 0.228 e. The molecule has 3 rings (SSSR count). The standard InChI is InChI=1S/C15H11NO3/c1-18-12-4-2-3-11-9-13(19-15(11)12)14(17)10-5-7-16-8-6-10/h2-9H,1H3. The molecule has 0 amide bonds. The number of furan rings is 1. The van der Waals surface area contributed by atoms with Gasteiger partial charge in [0.05, 0.1) is 7.11 Å². The maximum absolute atomic E-state index is 12.3. The van der Waals surface area contributed by atoms with Crippen molar-refractivity contribution in [3.8, 4) is 5.75 Å². The van der Waals surface area contributed by atoms with E-state index in [-0.39, 0.29) is 5.78 Å². The fraction of sp³-hybridized carbons (Fsp3) is 0.0667. The minimum atomic E-state index is -0.166. The summed E-state index contributed by atoms with van der Waals surface area (Å²) in [6.45, 7) is 0. The number of aromatic nitrogens is 1. The van der Waals surface area contributed by atoms with Gasteiger partial charge < -0.3 is 9.15 Å².